The summed E-state index contributed by atoms with van der Waals surface area (Å²) in [5.41, 5.74) is 0.643. The molecule has 2 aromatic heterocycles. The van der Waals surface area contributed by atoms with E-state index in [2.05, 4.69) is 25.9 Å². The highest BCUT2D eigenvalue weighted by Crippen LogP contribution is 2.27. The van der Waals surface area contributed by atoms with Crippen LogP contribution in [0.15, 0.2) is 12.1 Å². The number of nitrogens with zero attached hydrogens (tertiary/aromatic N) is 5. The van der Waals surface area contributed by atoms with Crippen LogP contribution in [-0.4, -0.2) is 36.7 Å². The Morgan fingerprint density at radius 3 is 3.07 bits per heavy atom. The summed E-state index contributed by atoms with van der Waals surface area (Å²) in [7, 11) is 0. The van der Waals surface area contributed by atoms with E-state index in [9.17, 15) is 0 Å². The SMILES string of the molecule is ClC1CC(Nc2ccc3nnnn3n2)C1. The first-order valence-corrected chi connectivity index (χ1v) is 5.21. The average molecular weight is 225 g/mol. The molecule has 6 nitrogen and oxygen atoms in total. The van der Waals surface area contributed by atoms with Gasteiger partial charge in [0.15, 0.2) is 5.65 Å². The molecule has 78 valence electrons. The maximum absolute atomic E-state index is 5.89. The first-order valence-electron chi connectivity index (χ1n) is 4.77. The van der Waals surface area contributed by atoms with Gasteiger partial charge in [0, 0.05) is 11.4 Å². The number of aromatic nitrogens is 5. The first kappa shape index (κ1) is 8.84. The van der Waals surface area contributed by atoms with Crippen molar-refractivity contribution in [3.8, 4) is 0 Å². The minimum Gasteiger partial charge on any atom is -0.366 e. The summed E-state index contributed by atoms with van der Waals surface area (Å²) < 4.78 is 1.40. The normalized spacial score (nSPS) is 25.1. The van der Waals surface area contributed by atoms with Gasteiger partial charge in [0.05, 0.1) is 0 Å². The predicted molar refractivity (Wildman–Crippen MR) is 54.9 cm³/mol. The molecule has 1 N–H and O–H groups in total. The Hall–Kier alpha value is -1.43. The van der Waals surface area contributed by atoms with Gasteiger partial charge in [-0.2, -0.15) is 0 Å². The number of tetrazole rings is 1. The van der Waals surface area contributed by atoms with Gasteiger partial charge in [-0.1, -0.05) is 0 Å². The molecule has 1 saturated carbocycles. The van der Waals surface area contributed by atoms with Crippen LogP contribution in [0, 0.1) is 0 Å². The summed E-state index contributed by atoms with van der Waals surface area (Å²) in [6.07, 6.45) is 1.97. The molecule has 0 saturated heterocycles. The fourth-order valence-electron chi connectivity index (χ4n) is 1.60. The minimum absolute atomic E-state index is 0.305. The second-order valence-electron chi connectivity index (χ2n) is 3.66. The van der Waals surface area contributed by atoms with E-state index in [4.69, 9.17) is 11.6 Å². The molecule has 7 heteroatoms. The molecule has 0 unspecified atom stereocenters. The lowest BCUT2D eigenvalue weighted by Crippen LogP contribution is -2.36. The summed E-state index contributed by atoms with van der Waals surface area (Å²) in [5.74, 6) is 0.781. The highest BCUT2D eigenvalue weighted by atomic mass is 35.5. The van der Waals surface area contributed by atoms with Gasteiger partial charge in [0.1, 0.15) is 5.82 Å². The number of fused-ring (bicyclic) bond motifs is 1. The topological polar surface area (TPSA) is 68.0 Å². The van der Waals surface area contributed by atoms with E-state index in [0.29, 0.717) is 17.1 Å². The second kappa shape index (κ2) is 3.30. The fraction of sp³-hybridized carbons (Fsp3) is 0.500. The molecule has 1 aliphatic rings. The van der Waals surface area contributed by atoms with E-state index >= 15 is 0 Å². The van der Waals surface area contributed by atoms with Crippen molar-refractivity contribution in [1.29, 1.82) is 0 Å². The Kier molecular flexibility index (Phi) is 1.95. The highest BCUT2D eigenvalue weighted by Gasteiger charge is 2.27. The van der Waals surface area contributed by atoms with Crippen molar-refractivity contribution in [2.24, 2.45) is 0 Å². The van der Waals surface area contributed by atoms with Crippen molar-refractivity contribution in [3.63, 3.8) is 0 Å². The van der Waals surface area contributed by atoms with Gasteiger partial charge in [-0.3, -0.25) is 0 Å². The van der Waals surface area contributed by atoms with Crippen molar-refractivity contribution >= 4 is 23.1 Å². The van der Waals surface area contributed by atoms with Crippen molar-refractivity contribution in [2.45, 2.75) is 24.3 Å². The summed E-state index contributed by atoms with van der Waals surface area (Å²) in [6.45, 7) is 0. The monoisotopic (exact) mass is 224 g/mol. The molecular weight excluding hydrogens is 216 g/mol. The number of hydrogen-bond acceptors (Lipinski definition) is 5. The van der Waals surface area contributed by atoms with Crippen molar-refractivity contribution < 1.29 is 0 Å². The molecular formula is C8H9ClN6. The molecule has 0 aliphatic heterocycles. The Bertz CT molecular complexity index is 477. The van der Waals surface area contributed by atoms with Crippen LogP contribution in [0.1, 0.15) is 12.8 Å². The van der Waals surface area contributed by atoms with Gasteiger partial charge in [-0.25, -0.2) is 0 Å². The summed E-state index contributed by atoms with van der Waals surface area (Å²) in [6, 6.07) is 4.12. The molecule has 2 aromatic rings. The molecule has 1 fully saturated rings. The molecule has 2 heterocycles. The molecule has 3 rings (SSSR count). The minimum atomic E-state index is 0.305. The first-order chi connectivity index (χ1) is 7.31. The molecule has 1 aliphatic carbocycles. The van der Waals surface area contributed by atoms with E-state index < -0.39 is 0 Å². The van der Waals surface area contributed by atoms with Gasteiger partial charge in [0.25, 0.3) is 0 Å². The number of anilines is 1. The van der Waals surface area contributed by atoms with Crippen LogP contribution >= 0.6 is 11.6 Å². The third-order valence-corrected chi connectivity index (χ3v) is 2.86. The summed E-state index contributed by atoms with van der Waals surface area (Å²) in [4.78, 5) is 0. The van der Waals surface area contributed by atoms with Crippen molar-refractivity contribution in [3.05, 3.63) is 12.1 Å². The molecule has 0 aromatic carbocycles. The highest BCUT2D eigenvalue weighted by molar-refractivity contribution is 6.21. The van der Waals surface area contributed by atoms with Gasteiger partial charge >= 0.3 is 0 Å². The molecule has 0 amide bonds. The molecule has 0 atom stereocenters. The quantitative estimate of drug-likeness (QED) is 0.761. The zero-order valence-electron chi connectivity index (χ0n) is 7.84. The van der Waals surface area contributed by atoms with Crippen LogP contribution in [0.4, 0.5) is 5.82 Å². The average Bonchev–Trinajstić information content (AvgIpc) is 2.62. The van der Waals surface area contributed by atoms with E-state index in [1.165, 1.54) is 4.63 Å². The van der Waals surface area contributed by atoms with E-state index in [0.717, 1.165) is 18.7 Å². The lowest BCUT2D eigenvalue weighted by Gasteiger charge is -2.31. The molecule has 15 heavy (non-hydrogen) atoms. The van der Waals surface area contributed by atoms with Crippen LogP contribution in [0.2, 0.25) is 0 Å². The number of hydrogen-bond donors (Lipinski definition) is 1. The second-order valence-corrected chi connectivity index (χ2v) is 4.27. The van der Waals surface area contributed by atoms with Crippen LogP contribution < -0.4 is 5.32 Å². The van der Waals surface area contributed by atoms with Crippen molar-refractivity contribution in [2.75, 3.05) is 5.32 Å². The third-order valence-electron chi connectivity index (χ3n) is 2.50. The van der Waals surface area contributed by atoms with Crippen LogP contribution in [0.3, 0.4) is 0 Å². The van der Waals surface area contributed by atoms with Gasteiger partial charge in [-0.05, 0) is 35.4 Å². The number of rotatable bonds is 2. The largest absolute Gasteiger partial charge is 0.366 e. The van der Waals surface area contributed by atoms with Crippen LogP contribution in [0.5, 0.6) is 0 Å². The van der Waals surface area contributed by atoms with E-state index in [1.807, 2.05) is 12.1 Å². The maximum Gasteiger partial charge on any atom is 0.200 e. The lowest BCUT2D eigenvalue weighted by atomic mass is 9.92. The standard InChI is InChI=1S/C8H9ClN6/c9-5-3-6(4-5)10-7-1-2-8-11-13-14-15(8)12-7/h1-2,5-6H,3-4H2,(H,10,12). The summed E-state index contributed by atoms with van der Waals surface area (Å²) >= 11 is 5.89. The predicted octanol–water partition coefficient (Wildman–Crippen LogP) is 0.701. The number of nitrogens with one attached hydrogen (secondary N) is 1. The fourth-order valence-corrected chi connectivity index (χ4v) is 2.03. The zero-order chi connectivity index (χ0) is 10.3. The van der Waals surface area contributed by atoms with Gasteiger partial charge in [0.2, 0.25) is 0 Å². The number of halogens is 1. The Labute approximate surface area is 90.6 Å². The van der Waals surface area contributed by atoms with Crippen LogP contribution in [-0.2, 0) is 0 Å². The van der Waals surface area contributed by atoms with Gasteiger partial charge in [-0.15, -0.1) is 26.4 Å². The lowest BCUT2D eigenvalue weighted by molar-refractivity contribution is 0.452. The van der Waals surface area contributed by atoms with Gasteiger partial charge < -0.3 is 5.32 Å². The van der Waals surface area contributed by atoms with E-state index in [1.54, 1.807) is 0 Å². The Balaban J connectivity index is 1.79. The Morgan fingerprint density at radius 1 is 1.40 bits per heavy atom. The molecule has 0 radical (unpaired) electrons. The molecule has 0 bridgehead atoms. The summed E-state index contributed by atoms with van der Waals surface area (Å²) in [5, 5.41) is 18.8. The number of alkyl halides is 1. The van der Waals surface area contributed by atoms with E-state index in [-0.39, 0.29) is 0 Å². The maximum atomic E-state index is 5.89. The van der Waals surface area contributed by atoms with Crippen LogP contribution in [0.25, 0.3) is 5.65 Å². The third kappa shape index (κ3) is 1.61. The molecule has 0 spiro atoms. The zero-order valence-corrected chi connectivity index (χ0v) is 8.59. The smallest absolute Gasteiger partial charge is 0.200 e. The Morgan fingerprint density at radius 2 is 2.27 bits per heavy atom. The van der Waals surface area contributed by atoms with Crippen molar-refractivity contribution in [1.82, 2.24) is 25.3 Å².